The van der Waals surface area contributed by atoms with Crippen LogP contribution >= 0.6 is 0 Å². The van der Waals surface area contributed by atoms with E-state index in [1.165, 1.54) is 12.8 Å². The Labute approximate surface area is 117 Å². The smallest absolute Gasteiger partial charge is 0.137 e. The van der Waals surface area contributed by atoms with E-state index < -0.39 is 0 Å². The van der Waals surface area contributed by atoms with E-state index in [1.807, 2.05) is 36.5 Å². The van der Waals surface area contributed by atoms with Crippen LogP contribution in [0.15, 0.2) is 53.4 Å². The highest BCUT2D eigenvalue weighted by Crippen LogP contribution is 2.29. The molecule has 1 saturated carbocycles. The molecule has 1 fully saturated rings. The third kappa shape index (κ3) is 2.34. The molecule has 102 valence electrons. The molecule has 3 heterocycles. The molecule has 3 aromatic rings. The quantitative estimate of drug-likeness (QED) is 0.712. The molecule has 20 heavy (non-hydrogen) atoms. The van der Waals surface area contributed by atoms with Gasteiger partial charge in [-0.2, -0.15) is 0 Å². The average Bonchev–Trinajstić information content (AvgIpc) is 3.03. The van der Waals surface area contributed by atoms with Crippen molar-refractivity contribution in [1.29, 1.82) is 0 Å². The Bertz CT molecular complexity index is 664. The zero-order valence-corrected chi connectivity index (χ0v) is 11.3. The monoisotopic (exact) mass is 267 g/mol. The number of furan rings is 1. The van der Waals surface area contributed by atoms with Gasteiger partial charge in [-0.05, 0) is 37.1 Å². The molecule has 4 rings (SSSR count). The van der Waals surface area contributed by atoms with E-state index in [1.54, 1.807) is 6.26 Å². The van der Waals surface area contributed by atoms with Gasteiger partial charge in [0.05, 0.1) is 18.5 Å². The molecule has 0 saturated heterocycles. The second kappa shape index (κ2) is 4.80. The lowest BCUT2D eigenvalue weighted by Crippen LogP contribution is -2.25. The van der Waals surface area contributed by atoms with Crippen LogP contribution in [0.2, 0.25) is 0 Å². The molecule has 0 amide bonds. The van der Waals surface area contributed by atoms with Gasteiger partial charge in [-0.1, -0.05) is 6.07 Å². The predicted molar refractivity (Wildman–Crippen MR) is 76.2 cm³/mol. The van der Waals surface area contributed by atoms with Crippen LogP contribution in [0.3, 0.4) is 0 Å². The molecule has 1 aliphatic rings. The maximum absolute atomic E-state index is 5.47. The first-order chi connectivity index (χ1) is 9.88. The fourth-order valence-electron chi connectivity index (χ4n) is 2.63. The summed E-state index contributed by atoms with van der Waals surface area (Å²) in [6.07, 6.45) is 8.47. The first kappa shape index (κ1) is 11.7. The molecule has 0 atom stereocenters. The molecule has 0 radical (unpaired) electrons. The van der Waals surface area contributed by atoms with Gasteiger partial charge < -0.3 is 8.82 Å². The Balaban J connectivity index is 1.55. The van der Waals surface area contributed by atoms with Crippen LogP contribution in [0.4, 0.5) is 0 Å². The number of hydrogen-bond donors (Lipinski definition) is 0. The van der Waals surface area contributed by atoms with E-state index in [4.69, 9.17) is 4.42 Å². The van der Waals surface area contributed by atoms with Crippen LogP contribution in [0.1, 0.15) is 24.3 Å². The third-order valence-electron chi connectivity index (χ3n) is 3.78. The SMILES string of the molecule is c1coc(CN(Cc2cn3ccccc3n2)C2CC2)c1. The Morgan fingerprint density at radius 2 is 2.15 bits per heavy atom. The van der Waals surface area contributed by atoms with E-state index in [2.05, 4.69) is 20.5 Å². The second-order valence-electron chi connectivity index (χ2n) is 5.41. The molecule has 4 heteroatoms. The van der Waals surface area contributed by atoms with Crippen LogP contribution in [-0.4, -0.2) is 20.3 Å². The number of imidazole rings is 1. The normalized spacial score (nSPS) is 15.2. The third-order valence-corrected chi connectivity index (χ3v) is 3.78. The standard InChI is InChI=1S/C16H17N3O/c1-2-8-18-10-13(17-16(18)5-1)11-19(14-6-7-14)12-15-4-3-9-20-15/h1-5,8-10,14H,6-7,11-12H2. The van der Waals surface area contributed by atoms with Gasteiger partial charge in [-0.15, -0.1) is 0 Å². The maximum Gasteiger partial charge on any atom is 0.137 e. The second-order valence-corrected chi connectivity index (χ2v) is 5.41. The average molecular weight is 267 g/mol. The number of rotatable bonds is 5. The maximum atomic E-state index is 5.47. The zero-order valence-electron chi connectivity index (χ0n) is 11.3. The van der Waals surface area contributed by atoms with Crippen molar-refractivity contribution < 1.29 is 4.42 Å². The molecule has 3 aromatic heterocycles. The van der Waals surface area contributed by atoms with E-state index in [9.17, 15) is 0 Å². The van der Waals surface area contributed by atoms with Gasteiger partial charge in [0.15, 0.2) is 0 Å². The Morgan fingerprint density at radius 1 is 1.20 bits per heavy atom. The van der Waals surface area contributed by atoms with E-state index >= 15 is 0 Å². The highest BCUT2D eigenvalue weighted by molar-refractivity contribution is 5.39. The molecule has 0 aromatic carbocycles. The van der Waals surface area contributed by atoms with Crippen molar-refractivity contribution in [3.05, 3.63) is 60.4 Å². The summed E-state index contributed by atoms with van der Waals surface area (Å²) in [7, 11) is 0. The Kier molecular flexibility index (Phi) is 2.81. The summed E-state index contributed by atoms with van der Waals surface area (Å²) >= 11 is 0. The fourth-order valence-corrected chi connectivity index (χ4v) is 2.63. The summed E-state index contributed by atoms with van der Waals surface area (Å²) in [4.78, 5) is 7.14. The number of pyridine rings is 1. The first-order valence-electron chi connectivity index (χ1n) is 7.07. The van der Waals surface area contributed by atoms with E-state index in [-0.39, 0.29) is 0 Å². The van der Waals surface area contributed by atoms with Crippen molar-refractivity contribution in [3.63, 3.8) is 0 Å². The molecule has 1 aliphatic carbocycles. The lowest BCUT2D eigenvalue weighted by molar-refractivity contribution is 0.223. The van der Waals surface area contributed by atoms with Gasteiger partial charge >= 0.3 is 0 Å². The summed E-state index contributed by atoms with van der Waals surface area (Å²) in [5.41, 5.74) is 2.13. The number of hydrogen-bond acceptors (Lipinski definition) is 3. The highest BCUT2D eigenvalue weighted by Gasteiger charge is 2.30. The van der Waals surface area contributed by atoms with E-state index in [0.717, 1.165) is 30.2 Å². The van der Waals surface area contributed by atoms with Gasteiger partial charge in [0.2, 0.25) is 0 Å². The first-order valence-corrected chi connectivity index (χ1v) is 7.07. The molecular weight excluding hydrogens is 250 g/mol. The predicted octanol–water partition coefficient (Wildman–Crippen LogP) is 3.09. The molecule has 0 unspecified atom stereocenters. The number of nitrogens with zero attached hydrogens (tertiary/aromatic N) is 3. The minimum Gasteiger partial charge on any atom is -0.468 e. The lowest BCUT2D eigenvalue weighted by Gasteiger charge is -2.19. The van der Waals surface area contributed by atoms with Crippen molar-refractivity contribution >= 4 is 5.65 Å². The molecule has 0 N–H and O–H groups in total. The topological polar surface area (TPSA) is 33.7 Å². The number of fused-ring (bicyclic) bond motifs is 1. The van der Waals surface area contributed by atoms with Crippen LogP contribution in [0, 0.1) is 0 Å². The van der Waals surface area contributed by atoms with Gasteiger partial charge in [-0.3, -0.25) is 4.90 Å². The summed E-state index contributed by atoms with van der Waals surface area (Å²) in [5, 5.41) is 0. The molecule has 0 bridgehead atoms. The van der Waals surface area contributed by atoms with Crippen molar-refractivity contribution in [1.82, 2.24) is 14.3 Å². The van der Waals surface area contributed by atoms with Crippen molar-refractivity contribution in [2.75, 3.05) is 0 Å². The van der Waals surface area contributed by atoms with Gasteiger partial charge in [0.25, 0.3) is 0 Å². The molecular formula is C16H17N3O. The van der Waals surface area contributed by atoms with Crippen LogP contribution in [0.25, 0.3) is 5.65 Å². The Morgan fingerprint density at radius 3 is 2.90 bits per heavy atom. The van der Waals surface area contributed by atoms with Gasteiger partial charge in [0.1, 0.15) is 11.4 Å². The summed E-state index contributed by atoms with van der Waals surface area (Å²) < 4.78 is 7.55. The van der Waals surface area contributed by atoms with Crippen LogP contribution in [0.5, 0.6) is 0 Å². The molecule has 0 aliphatic heterocycles. The largest absolute Gasteiger partial charge is 0.468 e. The summed E-state index contributed by atoms with van der Waals surface area (Å²) in [5.74, 6) is 1.03. The van der Waals surface area contributed by atoms with Crippen molar-refractivity contribution in [3.8, 4) is 0 Å². The minimum atomic E-state index is 0.685. The van der Waals surface area contributed by atoms with Crippen LogP contribution in [-0.2, 0) is 13.1 Å². The van der Waals surface area contributed by atoms with E-state index in [0.29, 0.717) is 6.04 Å². The van der Waals surface area contributed by atoms with Gasteiger partial charge in [0, 0.05) is 25.0 Å². The van der Waals surface area contributed by atoms with Crippen LogP contribution < -0.4 is 0 Å². The van der Waals surface area contributed by atoms with Gasteiger partial charge in [-0.25, -0.2) is 4.98 Å². The Hall–Kier alpha value is -2.07. The van der Waals surface area contributed by atoms with Crippen molar-refractivity contribution in [2.24, 2.45) is 0 Å². The highest BCUT2D eigenvalue weighted by atomic mass is 16.3. The molecule has 4 nitrogen and oxygen atoms in total. The molecule has 0 spiro atoms. The lowest BCUT2D eigenvalue weighted by atomic mass is 10.3. The zero-order chi connectivity index (χ0) is 13.4. The minimum absolute atomic E-state index is 0.685. The van der Waals surface area contributed by atoms with Crippen molar-refractivity contribution in [2.45, 2.75) is 32.0 Å². The fraction of sp³-hybridized carbons (Fsp3) is 0.312. The summed E-state index contributed by atoms with van der Waals surface area (Å²) in [6, 6.07) is 10.8. The summed E-state index contributed by atoms with van der Waals surface area (Å²) in [6.45, 7) is 1.75. The number of aromatic nitrogens is 2.